The van der Waals surface area contributed by atoms with Gasteiger partial charge in [0.25, 0.3) is 5.91 Å². The number of rotatable bonds is 6. The first kappa shape index (κ1) is 23.3. The van der Waals surface area contributed by atoms with Gasteiger partial charge >= 0.3 is 5.63 Å². The second kappa shape index (κ2) is 9.43. The molecule has 1 heterocycles. The van der Waals surface area contributed by atoms with Gasteiger partial charge in [0.15, 0.2) is 6.61 Å². The molecular formula is C27H31NO4. The van der Waals surface area contributed by atoms with Crippen LogP contribution in [0.4, 0.5) is 5.69 Å². The third-order valence-corrected chi connectivity index (χ3v) is 5.28. The van der Waals surface area contributed by atoms with Gasteiger partial charge in [-0.1, -0.05) is 44.6 Å². The predicted octanol–water partition coefficient (Wildman–Crippen LogP) is 6.21. The van der Waals surface area contributed by atoms with E-state index in [0.29, 0.717) is 22.9 Å². The molecule has 3 rings (SSSR count). The van der Waals surface area contributed by atoms with Crippen molar-refractivity contribution in [3.8, 4) is 5.75 Å². The Morgan fingerprint density at radius 1 is 1.09 bits per heavy atom. The largest absolute Gasteiger partial charge is 0.484 e. The van der Waals surface area contributed by atoms with E-state index >= 15 is 0 Å². The molecule has 168 valence electrons. The molecule has 0 aliphatic heterocycles. The SMILES string of the molecule is CC(C)=CC(c1ccc(OCC(=O)Nc2ccc3oc(=O)cc(C)c3c2)cc1)C(C)(C)C. The first-order chi connectivity index (χ1) is 15.0. The molecule has 0 bridgehead atoms. The first-order valence-corrected chi connectivity index (χ1v) is 10.7. The molecule has 5 nitrogen and oxygen atoms in total. The number of fused-ring (bicyclic) bond motifs is 1. The normalized spacial score (nSPS) is 12.3. The molecule has 2 aromatic carbocycles. The molecule has 1 aromatic heterocycles. The standard InChI is InChI=1S/C27H31NO4/c1-17(2)13-23(27(4,5)6)19-7-10-21(11-8-19)31-16-25(29)28-20-9-12-24-22(15-20)18(3)14-26(30)32-24/h7-15,23H,16H2,1-6H3,(H,28,29). The Balaban J connectivity index is 1.64. The topological polar surface area (TPSA) is 68.5 Å². The van der Waals surface area contributed by atoms with Gasteiger partial charge in [0.2, 0.25) is 0 Å². The minimum absolute atomic E-state index is 0.0975. The van der Waals surface area contributed by atoms with E-state index in [4.69, 9.17) is 9.15 Å². The van der Waals surface area contributed by atoms with E-state index in [-0.39, 0.29) is 23.6 Å². The maximum Gasteiger partial charge on any atom is 0.336 e. The molecule has 1 N–H and O–H groups in total. The van der Waals surface area contributed by atoms with E-state index in [9.17, 15) is 9.59 Å². The van der Waals surface area contributed by atoms with Crippen LogP contribution in [0.15, 0.2) is 69.4 Å². The minimum Gasteiger partial charge on any atom is -0.484 e. The van der Waals surface area contributed by atoms with Crippen molar-refractivity contribution in [3.05, 3.63) is 81.7 Å². The molecule has 0 spiro atoms. The zero-order valence-corrected chi connectivity index (χ0v) is 19.6. The molecule has 0 saturated heterocycles. The monoisotopic (exact) mass is 433 g/mol. The summed E-state index contributed by atoms with van der Waals surface area (Å²) in [7, 11) is 0. The highest BCUT2D eigenvalue weighted by Gasteiger charge is 2.24. The van der Waals surface area contributed by atoms with Crippen LogP contribution in [0.1, 0.15) is 51.7 Å². The fourth-order valence-corrected chi connectivity index (χ4v) is 3.69. The van der Waals surface area contributed by atoms with Gasteiger partial charge in [-0.05, 0) is 67.6 Å². The van der Waals surface area contributed by atoms with Gasteiger partial charge in [-0.15, -0.1) is 0 Å². The maximum absolute atomic E-state index is 12.4. The van der Waals surface area contributed by atoms with Crippen LogP contribution < -0.4 is 15.7 Å². The van der Waals surface area contributed by atoms with Crippen molar-refractivity contribution in [2.45, 2.75) is 47.5 Å². The Kier molecular flexibility index (Phi) is 6.87. The second-order valence-corrected chi connectivity index (χ2v) is 9.45. The Bertz CT molecular complexity index is 1190. The number of benzene rings is 2. The lowest BCUT2D eigenvalue weighted by Crippen LogP contribution is -2.20. The molecule has 1 atom stereocenters. The third-order valence-electron chi connectivity index (χ3n) is 5.28. The van der Waals surface area contributed by atoms with Crippen molar-refractivity contribution in [2.24, 2.45) is 5.41 Å². The van der Waals surface area contributed by atoms with Crippen molar-refractivity contribution < 1.29 is 13.9 Å². The lowest BCUT2D eigenvalue weighted by molar-refractivity contribution is -0.118. The Hall–Kier alpha value is -3.34. The van der Waals surface area contributed by atoms with Gasteiger partial charge in [0.1, 0.15) is 11.3 Å². The van der Waals surface area contributed by atoms with E-state index in [1.54, 1.807) is 18.2 Å². The summed E-state index contributed by atoms with van der Waals surface area (Å²) in [5.41, 5.74) is 4.12. The van der Waals surface area contributed by atoms with E-state index in [0.717, 1.165) is 10.9 Å². The summed E-state index contributed by atoms with van der Waals surface area (Å²) in [5, 5.41) is 3.61. The van der Waals surface area contributed by atoms with Crippen LogP contribution in [-0.2, 0) is 4.79 Å². The molecule has 0 aliphatic carbocycles. The maximum atomic E-state index is 12.4. The molecule has 5 heteroatoms. The number of amides is 1. The van der Waals surface area contributed by atoms with Crippen LogP contribution in [0.5, 0.6) is 5.75 Å². The van der Waals surface area contributed by atoms with Gasteiger partial charge in [0.05, 0.1) is 0 Å². The van der Waals surface area contributed by atoms with E-state index < -0.39 is 0 Å². The van der Waals surface area contributed by atoms with Crippen molar-refractivity contribution in [1.29, 1.82) is 0 Å². The summed E-state index contributed by atoms with van der Waals surface area (Å²) < 4.78 is 10.9. The molecule has 0 radical (unpaired) electrons. The van der Waals surface area contributed by atoms with Crippen LogP contribution >= 0.6 is 0 Å². The summed E-state index contributed by atoms with van der Waals surface area (Å²) in [6.07, 6.45) is 2.29. The van der Waals surface area contributed by atoms with E-state index in [2.05, 4.69) is 58.1 Å². The first-order valence-electron chi connectivity index (χ1n) is 10.7. The summed E-state index contributed by atoms with van der Waals surface area (Å²) in [4.78, 5) is 23.9. The number of nitrogens with one attached hydrogen (secondary N) is 1. The summed E-state index contributed by atoms with van der Waals surface area (Å²) >= 11 is 0. The number of allylic oxidation sites excluding steroid dienone is 2. The fraction of sp³-hybridized carbons (Fsp3) is 0.333. The molecule has 3 aromatic rings. The number of carbonyl (C=O) groups is 1. The zero-order valence-electron chi connectivity index (χ0n) is 19.6. The number of ether oxygens (including phenoxy) is 1. The average molecular weight is 434 g/mol. The molecule has 0 fully saturated rings. The van der Waals surface area contributed by atoms with Crippen LogP contribution in [0, 0.1) is 12.3 Å². The van der Waals surface area contributed by atoms with Crippen molar-refractivity contribution >= 4 is 22.6 Å². The highest BCUT2D eigenvalue weighted by Crippen LogP contribution is 2.37. The molecule has 1 amide bonds. The third kappa shape index (κ3) is 5.88. The van der Waals surface area contributed by atoms with Gasteiger partial charge in [-0.25, -0.2) is 4.79 Å². The van der Waals surface area contributed by atoms with Crippen molar-refractivity contribution in [1.82, 2.24) is 0 Å². The van der Waals surface area contributed by atoms with Crippen molar-refractivity contribution in [3.63, 3.8) is 0 Å². The lowest BCUT2D eigenvalue weighted by Gasteiger charge is -2.29. The molecular weight excluding hydrogens is 402 g/mol. The highest BCUT2D eigenvalue weighted by atomic mass is 16.5. The van der Waals surface area contributed by atoms with Gasteiger partial charge < -0.3 is 14.5 Å². The average Bonchev–Trinajstić information content (AvgIpc) is 2.70. The molecule has 0 saturated carbocycles. The van der Waals surface area contributed by atoms with Gasteiger partial charge in [0, 0.05) is 23.1 Å². The van der Waals surface area contributed by atoms with Crippen molar-refractivity contribution in [2.75, 3.05) is 11.9 Å². The van der Waals surface area contributed by atoms with E-state index in [1.165, 1.54) is 17.2 Å². The zero-order chi connectivity index (χ0) is 23.5. The van der Waals surface area contributed by atoms with Gasteiger partial charge in [-0.3, -0.25) is 4.79 Å². The number of carbonyl (C=O) groups excluding carboxylic acids is 1. The Labute approximate surface area is 189 Å². The summed E-state index contributed by atoms with van der Waals surface area (Å²) in [6, 6.07) is 14.5. The van der Waals surface area contributed by atoms with Crippen LogP contribution in [0.2, 0.25) is 0 Å². The number of aryl methyl sites for hydroxylation is 1. The minimum atomic E-state index is -0.388. The molecule has 1 unspecified atom stereocenters. The molecule has 32 heavy (non-hydrogen) atoms. The smallest absolute Gasteiger partial charge is 0.336 e. The summed E-state index contributed by atoms with van der Waals surface area (Å²) in [5.74, 6) is 0.677. The number of hydrogen-bond donors (Lipinski definition) is 1. The quantitative estimate of drug-likeness (QED) is 0.370. The second-order valence-electron chi connectivity index (χ2n) is 9.45. The lowest BCUT2D eigenvalue weighted by atomic mass is 9.76. The van der Waals surface area contributed by atoms with Crippen LogP contribution in [0.3, 0.4) is 0 Å². The van der Waals surface area contributed by atoms with Crippen LogP contribution in [-0.4, -0.2) is 12.5 Å². The summed E-state index contributed by atoms with van der Waals surface area (Å²) in [6.45, 7) is 12.6. The number of anilines is 1. The van der Waals surface area contributed by atoms with Crippen LogP contribution in [0.25, 0.3) is 11.0 Å². The predicted molar refractivity (Wildman–Crippen MR) is 129 cm³/mol. The Morgan fingerprint density at radius 3 is 2.41 bits per heavy atom. The molecule has 0 aliphatic rings. The van der Waals surface area contributed by atoms with E-state index in [1.807, 2.05) is 19.1 Å². The highest BCUT2D eigenvalue weighted by molar-refractivity contribution is 5.94. The Morgan fingerprint density at radius 2 is 1.78 bits per heavy atom. The fourth-order valence-electron chi connectivity index (χ4n) is 3.69. The number of hydrogen-bond acceptors (Lipinski definition) is 4. The van der Waals surface area contributed by atoms with Gasteiger partial charge in [-0.2, -0.15) is 0 Å².